The Hall–Kier alpha value is -9.17. The Morgan fingerprint density at radius 1 is 0.644 bits per heavy atom. The highest BCUT2D eigenvalue weighted by Crippen LogP contribution is 2.46. The number of nitrogens with two attached hydrogens (primary N) is 2. The van der Waals surface area contributed by atoms with Crippen LogP contribution in [-0.2, 0) is 56.7 Å². The largest absolute Gasteiger partial charge is 0.504 e. The lowest BCUT2D eigenvalue weighted by molar-refractivity contribution is -0.133. The molecule has 4 atom stereocenters. The number of ether oxygens (including phenoxy) is 4. The number of nitrogens with one attached hydrogen (secondary N) is 7. The monoisotopic (exact) mass is 1440 g/mol. The first-order valence-electron chi connectivity index (χ1n) is 34.3. The lowest BCUT2D eigenvalue weighted by Crippen LogP contribution is -2.58. The number of amides is 5. The standard InChI is InChI=1S/C72H101N13O14S2/c1-40(2)58(65(89)81-55(28-20-21-35-78-68(90)99-70(9,10)11)63(87)80-54(57(86)38-79-75)29-22-36-76-66(73)84-100(92,93)61-43(5)41(3)59-47(45(61)7)31-33-71(12,13)97-59)83-64(88)56(82-69(91)96-39-53-51-26-18-16-24-49(51)50-25-17-19-27-52(50)53)30-23-37-77-67(74)85-101(94,95)62-44(6)42(4)60-48(46(62)8)32-34-72(14,15)98-60/h16-19,24-27,38,40,53-56,58H,20-23,28-37,39H2,1-15H3,(H11-,73,74,76,77,78,80,81,82,83,84,85,86,87,88,89,90,91)/p+1/b57-38-/t54-,55-,56+,58-/m0/s1. The Morgan fingerprint density at radius 3 is 1.56 bits per heavy atom. The number of hydrogen-bond donors (Lipinski definition) is 10. The first kappa shape index (κ1) is 79.2. The molecule has 0 aromatic heterocycles. The molecule has 5 amide bonds. The second kappa shape index (κ2) is 33.1. The average Bonchev–Trinajstić information content (AvgIpc) is 1.69. The molecular formula is C72H102N13O14S2+. The van der Waals surface area contributed by atoms with E-state index >= 15 is 0 Å². The highest BCUT2D eigenvalue weighted by atomic mass is 32.2. The van der Waals surface area contributed by atoms with E-state index in [2.05, 4.69) is 51.0 Å². The van der Waals surface area contributed by atoms with E-state index in [9.17, 15) is 51.3 Å². The highest BCUT2D eigenvalue weighted by molar-refractivity contribution is 7.90. The second-order valence-electron chi connectivity index (χ2n) is 28.7. The summed E-state index contributed by atoms with van der Waals surface area (Å²) in [5.74, 6) is -3.53. The third kappa shape index (κ3) is 20.3. The van der Waals surface area contributed by atoms with Crippen LogP contribution in [0.3, 0.4) is 0 Å². The summed E-state index contributed by atoms with van der Waals surface area (Å²) in [6, 6.07) is 10.2. The molecule has 3 aliphatic rings. The van der Waals surface area contributed by atoms with Gasteiger partial charge in [0.05, 0.1) is 15.8 Å². The molecule has 0 bridgehead atoms. The maximum Gasteiger partial charge on any atom is 0.407 e. The summed E-state index contributed by atoms with van der Waals surface area (Å²) in [4.78, 5) is 82.1. The molecule has 550 valence electrons. The Morgan fingerprint density at radius 2 is 1.09 bits per heavy atom. The van der Waals surface area contributed by atoms with Crippen LogP contribution in [0.4, 0.5) is 9.59 Å². The van der Waals surface area contributed by atoms with Crippen LogP contribution in [-0.4, -0.2) is 131 Å². The topological polar surface area (TPSA) is 400 Å². The van der Waals surface area contributed by atoms with Crippen molar-refractivity contribution in [2.45, 2.75) is 231 Å². The maximum absolute atomic E-state index is 14.7. The molecule has 0 fully saturated rings. The van der Waals surface area contributed by atoms with E-state index in [-0.39, 0.29) is 80.5 Å². The van der Waals surface area contributed by atoms with E-state index < -0.39 is 115 Å². The Labute approximate surface area is 593 Å². The highest BCUT2D eigenvalue weighted by Gasteiger charge is 2.38. The molecule has 101 heavy (non-hydrogen) atoms. The molecule has 2 aliphatic heterocycles. The fourth-order valence-electron chi connectivity index (χ4n) is 13.0. The van der Waals surface area contributed by atoms with E-state index in [1.54, 1.807) is 62.3 Å². The number of rotatable bonds is 28. The van der Waals surface area contributed by atoms with E-state index in [0.717, 1.165) is 33.4 Å². The number of alkyl carbamates (subject to hydrolysis) is 2. The molecular weight excluding hydrogens is 1340 g/mol. The quantitative estimate of drug-likeness (QED) is 0.00832. The molecule has 4 aromatic carbocycles. The van der Waals surface area contributed by atoms with Crippen LogP contribution in [0.2, 0.25) is 0 Å². The molecule has 0 radical (unpaired) electrons. The number of carbonyl (C=O) groups excluding carboxylic acids is 5. The van der Waals surface area contributed by atoms with Gasteiger partial charge in [0.25, 0.3) is 20.0 Å². The molecule has 29 heteroatoms. The molecule has 2 heterocycles. The number of aliphatic hydroxyl groups is 1. The number of fused-ring (bicyclic) bond motifs is 5. The van der Waals surface area contributed by atoms with Crippen LogP contribution in [0.25, 0.3) is 16.1 Å². The molecule has 1 aliphatic carbocycles. The summed E-state index contributed by atoms with van der Waals surface area (Å²) in [6.07, 6.45) is 2.07. The fourth-order valence-corrected chi connectivity index (χ4v) is 16.0. The van der Waals surface area contributed by atoms with Crippen LogP contribution < -0.4 is 57.0 Å². The van der Waals surface area contributed by atoms with Gasteiger partial charge in [0.2, 0.25) is 40.8 Å². The zero-order chi connectivity index (χ0) is 74.7. The summed E-state index contributed by atoms with van der Waals surface area (Å²) in [5, 5.41) is 34.2. The summed E-state index contributed by atoms with van der Waals surface area (Å²) in [7, 11) is -8.53. The van der Waals surface area contributed by atoms with Crippen molar-refractivity contribution in [3.05, 3.63) is 121 Å². The number of guanidine groups is 2. The predicted octanol–water partition coefficient (Wildman–Crippen LogP) is 9.16. The van der Waals surface area contributed by atoms with Gasteiger partial charge in [0, 0.05) is 25.6 Å². The normalized spacial score (nSPS) is 16.2. The number of aliphatic imine (C=N–C) groups is 2. The van der Waals surface area contributed by atoms with Crippen LogP contribution >= 0.6 is 0 Å². The number of unbranched alkanes of at least 4 members (excludes halogenated alkanes) is 1. The minimum Gasteiger partial charge on any atom is -0.504 e. The Kier molecular flexibility index (Phi) is 25.9. The summed E-state index contributed by atoms with van der Waals surface area (Å²) >= 11 is 0. The lowest BCUT2D eigenvalue weighted by atomic mass is 9.88. The molecule has 27 nitrogen and oxygen atoms in total. The van der Waals surface area contributed by atoms with Gasteiger partial charge in [0.1, 0.15) is 53.0 Å². The van der Waals surface area contributed by atoms with Gasteiger partial charge in [-0.25, -0.2) is 35.9 Å². The molecule has 0 saturated carbocycles. The third-order valence-corrected chi connectivity index (χ3v) is 21.8. The van der Waals surface area contributed by atoms with E-state index in [4.69, 9.17) is 30.4 Å². The summed E-state index contributed by atoms with van der Waals surface area (Å²) < 4.78 is 84.7. The minimum atomic E-state index is -4.27. The van der Waals surface area contributed by atoms with Gasteiger partial charge in [-0.1, -0.05) is 62.4 Å². The number of sulfonamides is 2. The average molecular weight is 1440 g/mol. The number of carbonyl (C=O) groups is 5. The third-order valence-electron chi connectivity index (χ3n) is 18.5. The van der Waals surface area contributed by atoms with Gasteiger partial charge in [-0.15, -0.1) is 0 Å². The molecule has 0 unspecified atom stereocenters. The second-order valence-corrected chi connectivity index (χ2v) is 32.0. The first-order chi connectivity index (χ1) is 47.3. The van der Waals surface area contributed by atoms with Crippen LogP contribution in [0.5, 0.6) is 11.5 Å². The Balaban J connectivity index is 1.07. The van der Waals surface area contributed by atoms with E-state index in [1.165, 1.54) is 0 Å². The molecule has 7 rings (SSSR count). The number of benzene rings is 4. The van der Waals surface area contributed by atoms with Gasteiger partial charge in [-0.3, -0.25) is 24.4 Å². The fraction of sp³-hybridized carbons (Fsp3) is 0.542. The number of aliphatic hydroxyl groups excluding tert-OH is 1. The van der Waals surface area contributed by atoms with Gasteiger partial charge >= 0.3 is 18.4 Å². The van der Waals surface area contributed by atoms with Crippen molar-refractivity contribution in [3.63, 3.8) is 0 Å². The molecule has 12 N–H and O–H groups in total. The number of nitrogens with zero attached hydrogens (tertiary/aromatic N) is 4. The van der Waals surface area contributed by atoms with Crippen molar-refractivity contribution in [2.75, 3.05) is 26.2 Å². The van der Waals surface area contributed by atoms with E-state index in [0.29, 0.717) is 83.2 Å². The smallest absolute Gasteiger partial charge is 0.407 e. The summed E-state index contributed by atoms with van der Waals surface area (Å²) in [5.41, 5.74) is 19.7. The number of hydrogen-bond acceptors (Lipinski definition) is 17. The zero-order valence-corrected chi connectivity index (χ0v) is 62.4. The van der Waals surface area contributed by atoms with Crippen LogP contribution in [0.15, 0.2) is 80.3 Å². The van der Waals surface area contributed by atoms with E-state index in [1.807, 2.05) is 90.1 Å². The molecule has 0 saturated heterocycles. The number of diazo groups is 1. The SMILES string of the molecule is Cc1c(C)c(S(=O)(=O)NC(N)=NCCC[C@H](NC(=O)[C@H](CCCCNC(=O)OC(C)(C)C)NC(=O)[C@@H](NC(=O)[C@@H](CCCN=C(N)NS(=O)(=O)c2c(C)c(C)c3c(c2C)CCC(C)(C)O3)NC(=O)OCC2c3ccccc3-c3ccccc32)C(C)C)/C(O)=C/[N+]#N)c(C)c2c1OC(C)(C)CC2. The maximum atomic E-state index is 14.7. The minimum absolute atomic E-state index is 0.0472. The van der Waals surface area contributed by atoms with Crippen molar-refractivity contribution in [3.8, 4) is 22.6 Å². The first-order valence-corrected chi connectivity index (χ1v) is 37.2. The van der Waals surface area contributed by atoms with Gasteiger partial charge in [-0.2, -0.15) is 0 Å². The van der Waals surface area contributed by atoms with Crippen molar-refractivity contribution in [2.24, 2.45) is 27.4 Å². The van der Waals surface area contributed by atoms with Crippen LogP contribution in [0, 0.1) is 52.9 Å². The van der Waals surface area contributed by atoms with Gasteiger partial charge in [0.15, 0.2) is 4.98 Å². The van der Waals surface area contributed by atoms with Gasteiger partial charge < -0.3 is 62.1 Å². The van der Waals surface area contributed by atoms with Crippen molar-refractivity contribution in [1.82, 2.24) is 36.0 Å². The van der Waals surface area contributed by atoms with Crippen molar-refractivity contribution in [1.29, 1.82) is 5.39 Å². The molecule has 4 aromatic rings. The van der Waals surface area contributed by atoms with Crippen molar-refractivity contribution < 1.29 is 64.9 Å². The summed E-state index contributed by atoms with van der Waals surface area (Å²) in [6.45, 7) is 26.7. The Bertz CT molecular complexity index is 4110. The van der Waals surface area contributed by atoms with Gasteiger partial charge in [-0.05, 0) is 233 Å². The lowest BCUT2D eigenvalue weighted by Gasteiger charge is -2.35. The predicted molar refractivity (Wildman–Crippen MR) is 386 cm³/mol. The zero-order valence-electron chi connectivity index (χ0n) is 60.8. The van der Waals surface area contributed by atoms with Crippen LogP contribution in [0.1, 0.15) is 182 Å². The van der Waals surface area contributed by atoms with Crippen molar-refractivity contribution >= 4 is 61.9 Å². The molecule has 0 spiro atoms.